The third kappa shape index (κ3) is 3.34. The molecule has 0 spiro atoms. The van der Waals surface area contributed by atoms with Gasteiger partial charge in [-0.3, -0.25) is 0 Å². The standard InChI is InChI=1S/C14H18ClN3/c1-3-10(2)16-9-14-17-8-13(18-14)11-5-4-6-12(15)7-11/h4-8,10,16H,3,9H2,1-2H3,(H,17,18). The zero-order chi connectivity index (χ0) is 13.0. The predicted octanol–water partition coefficient (Wildman–Crippen LogP) is 3.62. The number of nitrogens with one attached hydrogen (secondary N) is 2. The van der Waals surface area contributed by atoms with E-state index in [1.807, 2.05) is 30.5 Å². The van der Waals surface area contributed by atoms with Gasteiger partial charge in [0, 0.05) is 16.6 Å². The number of imidazole rings is 1. The average molecular weight is 264 g/mol. The van der Waals surface area contributed by atoms with E-state index in [2.05, 4.69) is 29.1 Å². The summed E-state index contributed by atoms with van der Waals surface area (Å²) in [6.45, 7) is 5.09. The summed E-state index contributed by atoms with van der Waals surface area (Å²) >= 11 is 5.98. The van der Waals surface area contributed by atoms with Crippen LogP contribution in [0.2, 0.25) is 5.02 Å². The van der Waals surface area contributed by atoms with E-state index >= 15 is 0 Å². The first-order valence-electron chi connectivity index (χ1n) is 6.22. The summed E-state index contributed by atoms with van der Waals surface area (Å²) in [6.07, 6.45) is 2.96. The molecule has 2 rings (SSSR count). The second-order valence-corrected chi connectivity index (χ2v) is 4.88. The molecule has 1 aromatic heterocycles. The number of halogens is 1. The van der Waals surface area contributed by atoms with Gasteiger partial charge in [-0.15, -0.1) is 0 Å². The number of benzene rings is 1. The maximum atomic E-state index is 5.98. The van der Waals surface area contributed by atoms with E-state index in [1.165, 1.54) is 0 Å². The number of hydrogen-bond acceptors (Lipinski definition) is 2. The van der Waals surface area contributed by atoms with Gasteiger partial charge in [0.1, 0.15) is 5.82 Å². The molecule has 0 saturated heterocycles. The number of aromatic nitrogens is 2. The van der Waals surface area contributed by atoms with Crippen LogP contribution in [0.15, 0.2) is 30.5 Å². The molecule has 3 nitrogen and oxygen atoms in total. The lowest BCUT2D eigenvalue weighted by molar-refractivity contribution is 0.525. The first-order valence-corrected chi connectivity index (χ1v) is 6.60. The summed E-state index contributed by atoms with van der Waals surface area (Å²) in [4.78, 5) is 7.67. The molecule has 1 atom stereocenters. The highest BCUT2D eigenvalue weighted by Gasteiger charge is 2.04. The van der Waals surface area contributed by atoms with Crippen molar-refractivity contribution in [2.75, 3.05) is 0 Å². The van der Waals surface area contributed by atoms with E-state index in [0.29, 0.717) is 6.04 Å². The van der Waals surface area contributed by atoms with Crippen LogP contribution in [0.1, 0.15) is 26.1 Å². The van der Waals surface area contributed by atoms with Gasteiger partial charge in [-0.05, 0) is 25.5 Å². The monoisotopic (exact) mass is 263 g/mol. The first kappa shape index (κ1) is 13.1. The fraction of sp³-hybridized carbons (Fsp3) is 0.357. The molecular formula is C14H18ClN3. The molecule has 1 heterocycles. The molecular weight excluding hydrogens is 246 g/mol. The van der Waals surface area contributed by atoms with E-state index in [4.69, 9.17) is 11.6 Å². The maximum Gasteiger partial charge on any atom is 0.120 e. The number of H-pyrrole nitrogens is 1. The van der Waals surface area contributed by atoms with Crippen LogP contribution in [0.5, 0.6) is 0 Å². The number of hydrogen-bond donors (Lipinski definition) is 2. The lowest BCUT2D eigenvalue weighted by Crippen LogP contribution is -2.24. The van der Waals surface area contributed by atoms with Gasteiger partial charge in [0.25, 0.3) is 0 Å². The number of nitrogens with zero attached hydrogens (tertiary/aromatic N) is 1. The Hall–Kier alpha value is -1.32. The van der Waals surface area contributed by atoms with Crippen molar-refractivity contribution >= 4 is 11.6 Å². The lowest BCUT2D eigenvalue weighted by atomic mass is 10.2. The van der Waals surface area contributed by atoms with Crippen LogP contribution in [-0.4, -0.2) is 16.0 Å². The van der Waals surface area contributed by atoms with Crippen molar-refractivity contribution in [1.82, 2.24) is 15.3 Å². The third-order valence-corrected chi connectivity index (χ3v) is 3.23. The Kier molecular flexibility index (Phi) is 4.39. The zero-order valence-corrected chi connectivity index (χ0v) is 11.5. The third-order valence-electron chi connectivity index (χ3n) is 2.99. The molecule has 0 radical (unpaired) electrons. The molecule has 1 unspecified atom stereocenters. The van der Waals surface area contributed by atoms with E-state index in [1.54, 1.807) is 0 Å². The summed E-state index contributed by atoms with van der Waals surface area (Å²) in [5.74, 6) is 0.949. The molecule has 96 valence electrons. The minimum atomic E-state index is 0.504. The van der Waals surface area contributed by atoms with Crippen molar-refractivity contribution < 1.29 is 0 Å². The molecule has 0 aliphatic rings. The Morgan fingerprint density at radius 2 is 2.28 bits per heavy atom. The molecule has 1 aromatic carbocycles. The van der Waals surface area contributed by atoms with Crippen LogP contribution in [0.4, 0.5) is 0 Å². The van der Waals surface area contributed by atoms with Crippen LogP contribution >= 0.6 is 11.6 Å². The van der Waals surface area contributed by atoms with Crippen molar-refractivity contribution in [3.8, 4) is 11.3 Å². The summed E-state index contributed by atoms with van der Waals surface area (Å²) in [5.41, 5.74) is 2.06. The highest BCUT2D eigenvalue weighted by molar-refractivity contribution is 6.30. The average Bonchev–Trinajstić information content (AvgIpc) is 2.84. The summed E-state index contributed by atoms with van der Waals surface area (Å²) in [7, 11) is 0. The van der Waals surface area contributed by atoms with Crippen LogP contribution < -0.4 is 5.32 Å². The Labute approximate surface area is 113 Å². The van der Waals surface area contributed by atoms with Gasteiger partial charge in [0.15, 0.2) is 0 Å². The van der Waals surface area contributed by atoms with Gasteiger partial charge in [-0.25, -0.2) is 4.98 Å². The smallest absolute Gasteiger partial charge is 0.120 e. The highest BCUT2D eigenvalue weighted by Crippen LogP contribution is 2.20. The number of rotatable bonds is 5. The zero-order valence-electron chi connectivity index (χ0n) is 10.7. The fourth-order valence-electron chi connectivity index (χ4n) is 1.67. The molecule has 0 aliphatic heterocycles. The van der Waals surface area contributed by atoms with E-state index in [0.717, 1.165) is 35.1 Å². The SMILES string of the molecule is CCC(C)NCc1ncc(-c2cccc(Cl)c2)[nH]1. The van der Waals surface area contributed by atoms with Gasteiger partial charge in [-0.2, -0.15) is 0 Å². The molecule has 0 fully saturated rings. The van der Waals surface area contributed by atoms with Crippen molar-refractivity contribution in [2.45, 2.75) is 32.9 Å². The molecule has 2 aromatic rings. The minimum Gasteiger partial charge on any atom is -0.341 e. The molecule has 0 amide bonds. The van der Waals surface area contributed by atoms with Crippen molar-refractivity contribution in [3.05, 3.63) is 41.3 Å². The van der Waals surface area contributed by atoms with Gasteiger partial charge in [0.05, 0.1) is 18.4 Å². The Morgan fingerprint density at radius 3 is 3.00 bits per heavy atom. The van der Waals surface area contributed by atoms with Crippen LogP contribution in [0.25, 0.3) is 11.3 Å². The molecule has 0 saturated carbocycles. The lowest BCUT2D eigenvalue weighted by Gasteiger charge is -2.08. The summed E-state index contributed by atoms with van der Waals surface area (Å²) in [5, 5.41) is 4.14. The predicted molar refractivity (Wildman–Crippen MR) is 75.6 cm³/mol. The quantitative estimate of drug-likeness (QED) is 0.865. The molecule has 2 N–H and O–H groups in total. The van der Waals surface area contributed by atoms with Crippen molar-refractivity contribution in [3.63, 3.8) is 0 Å². The fourth-order valence-corrected chi connectivity index (χ4v) is 1.86. The molecule has 18 heavy (non-hydrogen) atoms. The Morgan fingerprint density at radius 1 is 1.44 bits per heavy atom. The van der Waals surface area contributed by atoms with E-state index in [-0.39, 0.29) is 0 Å². The van der Waals surface area contributed by atoms with Crippen molar-refractivity contribution in [2.24, 2.45) is 0 Å². The van der Waals surface area contributed by atoms with E-state index in [9.17, 15) is 0 Å². The largest absolute Gasteiger partial charge is 0.341 e. The van der Waals surface area contributed by atoms with Gasteiger partial charge < -0.3 is 10.3 Å². The Balaban J connectivity index is 2.06. The van der Waals surface area contributed by atoms with Gasteiger partial charge in [-0.1, -0.05) is 30.7 Å². The second-order valence-electron chi connectivity index (χ2n) is 4.44. The maximum absolute atomic E-state index is 5.98. The molecule has 0 aliphatic carbocycles. The minimum absolute atomic E-state index is 0.504. The van der Waals surface area contributed by atoms with Gasteiger partial charge >= 0.3 is 0 Å². The van der Waals surface area contributed by atoms with Crippen LogP contribution in [0, 0.1) is 0 Å². The van der Waals surface area contributed by atoms with Crippen LogP contribution in [0.3, 0.4) is 0 Å². The summed E-state index contributed by atoms with van der Waals surface area (Å²) in [6, 6.07) is 8.26. The van der Waals surface area contributed by atoms with E-state index < -0.39 is 0 Å². The van der Waals surface area contributed by atoms with Crippen molar-refractivity contribution in [1.29, 1.82) is 0 Å². The van der Waals surface area contributed by atoms with Gasteiger partial charge in [0.2, 0.25) is 0 Å². The topological polar surface area (TPSA) is 40.7 Å². The normalized spacial score (nSPS) is 12.6. The summed E-state index contributed by atoms with van der Waals surface area (Å²) < 4.78 is 0. The second kappa shape index (κ2) is 6.03. The molecule has 4 heteroatoms. The Bertz CT molecular complexity index is 507. The van der Waals surface area contributed by atoms with Crippen LogP contribution in [-0.2, 0) is 6.54 Å². The molecule has 0 bridgehead atoms. The first-order chi connectivity index (χ1) is 8.69. The number of aromatic amines is 1. The highest BCUT2D eigenvalue weighted by atomic mass is 35.5.